The summed E-state index contributed by atoms with van der Waals surface area (Å²) in [7, 11) is 1.35. The standard InChI is InChI=1S/C20H23N3O3/c1-14-9-11-23(12-10-14)19(24)18-8-7-15(13-21-18)22-17-6-4-3-5-16(17)20(25)26-2/h3-8,13-14,22H,9-12H2,1-2H3. The molecule has 136 valence electrons. The van der Waals surface area contributed by atoms with Gasteiger partial charge in [-0.15, -0.1) is 0 Å². The fraction of sp³-hybridized carbons (Fsp3) is 0.350. The lowest BCUT2D eigenvalue weighted by molar-refractivity contribution is 0.0601. The average Bonchev–Trinajstić information content (AvgIpc) is 2.68. The highest BCUT2D eigenvalue weighted by atomic mass is 16.5. The van der Waals surface area contributed by atoms with E-state index in [1.165, 1.54) is 7.11 Å². The van der Waals surface area contributed by atoms with E-state index in [1.54, 1.807) is 36.5 Å². The fourth-order valence-corrected chi connectivity index (χ4v) is 3.00. The molecule has 1 fully saturated rings. The molecular weight excluding hydrogens is 330 g/mol. The Morgan fingerprint density at radius 1 is 1.15 bits per heavy atom. The van der Waals surface area contributed by atoms with Gasteiger partial charge in [-0.2, -0.15) is 0 Å². The zero-order valence-corrected chi connectivity index (χ0v) is 15.1. The minimum Gasteiger partial charge on any atom is -0.465 e. The van der Waals surface area contributed by atoms with Crippen molar-refractivity contribution < 1.29 is 14.3 Å². The van der Waals surface area contributed by atoms with Crippen LogP contribution in [0.1, 0.15) is 40.6 Å². The molecule has 1 aromatic heterocycles. The first-order valence-electron chi connectivity index (χ1n) is 8.78. The molecule has 1 aromatic carbocycles. The van der Waals surface area contributed by atoms with Crippen molar-refractivity contribution in [1.29, 1.82) is 0 Å². The van der Waals surface area contributed by atoms with E-state index in [-0.39, 0.29) is 5.91 Å². The summed E-state index contributed by atoms with van der Waals surface area (Å²) >= 11 is 0. The summed E-state index contributed by atoms with van der Waals surface area (Å²) in [6, 6.07) is 10.6. The Morgan fingerprint density at radius 3 is 2.54 bits per heavy atom. The normalized spacial score (nSPS) is 14.8. The zero-order valence-electron chi connectivity index (χ0n) is 15.1. The van der Waals surface area contributed by atoms with Crippen LogP contribution in [-0.2, 0) is 4.74 Å². The second-order valence-electron chi connectivity index (χ2n) is 6.57. The minimum atomic E-state index is -0.410. The van der Waals surface area contributed by atoms with Crippen LogP contribution in [0, 0.1) is 5.92 Å². The van der Waals surface area contributed by atoms with Crippen LogP contribution >= 0.6 is 0 Å². The number of nitrogens with zero attached hydrogens (tertiary/aromatic N) is 2. The van der Waals surface area contributed by atoms with Gasteiger partial charge in [-0.05, 0) is 43.0 Å². The van der Waals surface area contributed by atoms with Crippen LogP contribution in [-0.4, -0.2) is 42.0 Å². The van der Waals surface area contributed by atoms with Gasteiger partial charge >= 0.3 is 5.97 Å². The van der Waals surface area contributed by atoms with Gasteiger partial charge in [0.05, 0.1) is 30.2 Å². The molecule has 0 radical (unpaired) electrons. The summed E-state index contributed by atoms with van der Waals surface area (Å²) in [6.45, 7) is 3.79. The number of rotatable bonds is 4. The number of methoxy groups -OCH3 is 1. The molecule has 3 rings (SSSR count). The van der Waals surface area contributed by atoms with Crippen molar-refractivity contribution in [3.63, 3.8) is 0 Å². The number of esters is 1. The number of carbonyl (C=O) groups is 2. The molecule has 6 nitrogen and oxygen atoms in total. The van der Waals surface area contributed by atoms with E-state index in [2.05, 4.69) is 17.2 Å². The van der Waals surface area contributed by atoms with E-state index in [0.29, 0.717) is 28.6 Å². The van der Waals surface area contributed by atoms with E-state index in [0.717, 1.165) is 25.9 Å². The van der Waals surface area contributed by atoms with Gasteiger partial charge in [0.15, 0.2) is 0 Å². The quantitative estimate of drug-likeness (QED) is 0.852. The summed E-state index contributed by atoms with van der Waals surface area (Å²) in [4.78, 5) is 30.5. The third kappa shape index (κ3) is 4.02. The first-order valence-corrected chi connectivity index (χ1v) is 8.78. The Balaban J connectivity index is 1.71. The average molecular weight is 353 g/mol. The Labute approximate surface area is 153 Å². The van der Waals surface area contributed by atoms with E-state index < -0.39 is 5.97 Å². The highest BCUT2D eigenvalue weighted by Crippen LogP contribution is 2.22. The van der Waals surface area contributed by atoms with E-state index in [4.69, 9.17) is 4.74 Å². The molecule has 0 atom stereocenters. The van der Waals surface area contributed by atoms with Crippen LogP contribution in [0.2, 0.25) is 0 Å². The van der Waals surface area contributed by atoms with Crippen molar-refractivity contribution >= 4 is 23.3 Å². The molecule has 1 N–H and O–H groups in total. The molecule has 0 unspecified atom stereocenters. The van der Waals surface area contributed by atoms with Crippen molar-refractivity contribution in [2.45, 2.75) is 19.8 Å². The monoisotopic (exact) mass is 353 g/mol. The van der Waals surface area contributed by atoms with Crippen molar-refractivity contribution in [2.75, 3.05) is 25.5 Å². The second-order valence-corrected chi connectivity index (χ2v) is 6.57. The lowest BCUT2D eigenvalue weighted by atomic mass is 9.99. The number of carbonyl (C=O) groups excluding carboxylic acids is 2. The van der Waals surface area contributed by atoms with Crippen molar-refractivity contribution in [2.24, 2.45) is 5.92 Å². The molecule has 0 spiro atoms. The molecule has 6 heteroatoms. The molecule has 1 amide bonds. The number of hydrogen-bond donors (Lipinski definition) is 1. The fourth-order valence-electron chi connectivity index (χ4n) is 3.00. The highest BCUT2D eigenvalue weighted by molar-refractivity contribution is 5.96. The Hall–Kier alpha value is -2.89. The van der Waals surface area contributed by atoms with Crippen LogP contribution < -0.4 is 5.32 Å². The largest absolute Gasteiger partial charge is 0.465 e. The van der Waals surface area contributed by atoms with Crippen molar-refractivity contribution in [3.05, 3.63) is 53.9 Å². The number of para-hydroxylation sites is 1. The summed E-state index contributed by atoms with van der Waals surface area (Å²) in [5, 5.41) is 3.15. The third-order valence-electron chi connectivity index (χ3n) is 4.66. The lowest BCUT2D eigenvalue weighted by Gasteiger charge is -2.30. The molecule has 0 aliphatic carbocycles. The van der Waals surface area contributed by atoms with E-state index >= 15 is 0 Å². The first-order chi connectivity index (χ1) is 12.6. The summed E-state index contributed by atoms with van der Waals surface area (Å²) < 4.78 is 4.80. The van der Waals surface area contributed by atoms with Gasteiger partial charge in [0, 0.05) is 13.1 Å². The molecule has 2 heterocycles. The molecule has 26 heavy (non-hydrogen) atoms. The molecule has 2 aromatic rings. The molecule has 1 saturated heterocycles. The number of nitrogens with one attached hydrogen (secondary N) is 1. The maximum atomic E-state index is 12.5. The Morgan fingerprint density at radius 2 is 1.88 bits per heavy atom. The van der Waals surface area contributed by atoms with Gasteiger partial charge in [-0.25, -0.2) is 9.78 Å². The summed E-state index contributed by atoms with van der Waals surface area (Å²) in [6.07, 6.45) is 3.68. The topological polar surface area (TPSA) is 71.5 Å². The summed E-state index contributed by atoms with van der Waals surface area (Å²) in [5.74, 6) is 0.235. The molecule has 1 aliphatic rings. The number of pyridine rings is 1. The number of aromatic nitrogens is 1. The predicted octanol–water partition coefficient (Wildman–Crippen LogP) is 3.48. The van der Waals surface area contributed by atoms with Crippen LogP contribution in [0.25, 0.3) is 0 Å². The molecular formula is C20H23N3O3. The van der Waals surface area contributed by atoms with Gasteiger partial charge in [-0.1, -0.05) is 19.1 Å². The third-order valence-corrected chi connectivity index (χ3v) is 4.66. The van der Waals surface area contributed by atoms with Crippen molar-refractivity contribution in [3.8, 4) is 0 Å². The van der Waals surface area contributed by atoms with Crippen LogP contribution in [0.3, 0.4) is 0 Å². The van der Waals surface area contributed by atoms with Crippen molar-refractivity contribution in [1.82, 2.24) is 9.88 Å². The smallest absolute Gasteiger partial charge is 0.339 e. The summed E-state index contributed by atoms with van der Waals surface area (Å²) in [5.41, 5.74) is 2.21. The number of anilines is 2. The highest BCUT2D eigenvalue weighted by Gasteiger charge is 2.22. The SMILES string of the molecule is COC(=O)c1ccccc1Nc1ccc(C(=O)N2CCC(C)CC2)nc1. The van der Waals surface area contributed by atoms with Gasteiger partial charge in [0.25, 0.3) is 5.91 Å². The van der Waals surface area contributed by atoms with Gasteiger partial charge in [0.1, 0.15) is 5.69 Å². The molecule has 1 aliphatic heterocycles. The molecule has 0 bridgehead atoms. The first kappa shape index (κ1) is 17.9. The maximum absolute atomic E-state index is 12.5. The van der Waals surface area contributed by atoms with Crippen LogP contribution in [0.4, 0.5) is 11.4 Å². The van der Waals surface area contributed by atoms with E-state index in [9.17, 15) is 9.59 Å². The van der Waals surface area contributed by atoms with Gasteiger partial charge in [0.2, 0.25) is 0 Å². The number of ether oxygens (including phenoxy) is 1. The number of piperidine rings is 1. The Bertz CT molecular complexity index is 781. The predicted molar refractivity (Wildman–Crippen MR) is 99.6 cm³/mol. The van der Waals surface area contributed by atoms with Crippen LogP contribution in [0.15, 0.2) is 42.6 Å². The van der Waals surface area contributed by atoms with Crippen LogP contribution in [0.5, 0.6) is 0 Å². The minimum absolute atomic E-state index is 0.0292. The zero-order chi connectivity index (χ0) is 18.5. The number of likely N-dealkylation sites (tertiary alicyclic amines) is 1. The number of benzene rings is 1. The Kier molecular flexibility index (Phi) is 5.51. The van der Waals surface area contributed by atoms with Gasteiger partial charge in [-0.3, -0.25) is 4.79 Å². The molecule has 0 saturated carbocycles. The lowest BCUT2D eigenvalue weighted by Crippen LogP contribution is -2.38. The number of amides is 1. The maximum Gasteiger partial charge on any atom is 0.339 e. The van der Waals surface area contributed by atoms with Gasteiger partial charge < -0.3 is 15.0 Å². The van der Waals surface area contributed by atoms with E-state index in [1.807, 2.05) is 11.0 Å². The second kappa shape index (κ2) is 7.99. The number of hydrogen-bond acceptors (Lipinski definition) is 5.